The van der Waals surface area contributed by atoms with Gasteiger partial charge in [0.25, 0.3) is 0 Å². The Morgan fingerprint density at radius 3 is 2.74 bits per heavy atom. The minimum atomic E-state index is -0.194. The molecule has 0 spiro atoms. The minimum absolute atomic E-state index is 0.0873. The summed E-state index contributed by atoms with van der Waals surface area (Å²) in [6.07, 6.45) is 3.48. The Morgan fingerprint density at radius 1 is 1.32 bits per heavy atom. The molecule has 4 heteroatoms. The van der Waals surface area contributed by atoms with Gasteiger partial charge in [0.2, 0.25) is 0 Å². The summed E-state index contributed by atoms with van der Waals surface area (Å²) in [4.78, 5) is 6.12. The summed E-state index contributed by atoms with van der Waals surface area (Å²) >= 11 is 0. The second-order valence-corrected chi connectivity index (χ2v) is 4.52. The van der Waals surface area contributed by atoms with Crippen LogP contribution in [0.4, 0.5) is 10.1 Å². The van der Waals surface area contributed by atoms with E-state index in [4.69, 9.17) is 5.73 Å². The van der Waals surface area contributed by atoms with Crippen LogP contribution in [0, 0.1) is 5.82 Å². The van der Waals surface area contributed by atoms with Crippen molar-refractivity contribution in [3.05, 3.63) is 59.7 Å². The zero-order chi connectivity index (χ0) is 13.8. The first kappa shape index (κ1) is 13.5. The monoisotopic (exact) mass is 259 g/mol. The van der Waals surface area contributed by atoms with E-state index in [1.165, 1.54) is 6.07 Å². The van der Waals surface area contributed by atoms with Gasteiger partial charge in [-0.25, -0.2) is 4.39 Å². The molecule has 1 aromatic heterocycles. The van der Waals surface area contributed by atoms with E-state index < -0.39 is 0 Å². The Hall–Kier alpha value is -1.94. The molecule has 1 aromatic carbocycles. The molecular formula is C15H18FN3. The summed E-state index contributed by atoms with van der Waals surface area (Å²) in [5.74, 6) is -0.194. The molecule has 1 unspecified atom stereocenters. The van der Waals surface area contributed by atoms with Crippen LogP contribution >= 0.6 is 0 Å². The van der Waals surface area contributed by atoms with Gasteiger partial charge in [0.05, 0.1) is 17.9 Å². The maximum atomic E-state index is 13.8. The van der Waals surface area contributed by atoms with Crippen molar-refractivity contribution in [3.8, 4) is 0 Å². The normalized spacial score (nSPS) is 12.2. The molecule has 1 atom stereocenters. The SMILES string of the molecule is CC(c1ccccc1F)N(C)c1cnccc1CN. The van der Waals surface area contributed by atoms with Gasteiger partial charge in [-0.1, -0.05) is 18.2 Å². The number of hydrogen-bond donors (Lipinski definition) is 1. The quantitative estimate of drug-likeness (QED) is 0.918. The third-order valence-corrected chi connectivity index (χ3v) is 3.42. The van der Waals surface area contributed by atoms with Crippen LogP contribution in [0.25, 0.3) is 0 Å². The average molecular weight is 259 g/mol. The smallest absolute Gasteiger partial charge is 0.128 e. The van der Waals surface area contributed by atoms with Crippen LogP contribution in [-0.4, -0.2) is 12.0 Å². The van der Waals surface area contributed by atoms with Crippen LogP contribution in [0.15, 0.2) is 42.7 Å². The summed E-state index contributed by atoms with van der Waals surface area (Å²) in [5.41, 5.74) is 8.32. The Balaban J connectivity index is 2.34. The van der Waals surface area contributed by atoms with Crippen molar-refractivity contribution in [1.29, 1.82) is 0 Å². The molecule has 0 aliphatic heterocycles. The molecule has 0 saturated heterocycles. The number of benzene rings is 1. The molecule has 0 saturated carbocycles. The fourth-order valence-electron chi connectivity index (χ4n) is 2.14. The third kappa shape index (κ3) is 2.74. The summed E-state index contributed by atoms with van der Waals surface area (Å²) in [5, 5.41) is 0. The van der Waals surface area contributed by atoms with E-state index in [2.05, 4.69) is 4.98 Å². The average Bonchev–Trinajstić information content (AvgIpc) is 2.46. The third-order valence-electron chi connectivity index (χ3n) is 3.42. The molecular weight excluding hydrogens is 241 g/mol. The molecule has 100 valence electrons. The fourth-order valence-corrected chi connectivity index (χ4v) is 2.14. The first-order valence-corrected chi connectivity index (χ1v) is 6.25. The Morgan fingerprint density at radius 2 is 2.05 bits per heavy atom. The molecule has 0 amide bonds. The predicted molar refractivity (Wildman–Crippen MR) is 75.3 cm³/mol. The van der Waals surface area contributed by atoms with Crippen molar-refractivity contribution in [3.63, 3.8) is 0 Å². The van der Waals surface area contributed by atoms with Gasteiger partial charge in [-0.15, -0.1) is 0 Å². The van der Waals surface area contributed by atoms with Crippen LogP contribution in [0.2, 0.25) is 0 Å². The highest BCUT2D eigenvalue weighted by atomic mass is 19.1. The maximum absolute atomic E-state index is 13.8. The number of rotatable bonds is 4. The predicted octanol–water partition coefficient (Wildman–Crippen LogP) is 2.88. The van der Waals surface area contributed by atoms with E-state index >= 15 is 0 Å². The highest BCUT2D eigenvalue weighted by molar-refractivity contribution is 5.52. The molecule has 1 heterocycles. The molecule has 2 N–H and O–H groups in total. The number of pyridine rings is 1. The number of nitrogens with two attached hydrogens (primary N) is 1. The van der Waals surface area contributed by atoms with Gasteiger partial charge in [0, 0.05) is 25.4 Å². The van der Waals surface area contributed by atoms with Crippen molar-refractivity contribution in [2.45, 2.75) is 19.5 Å². The van der Waals surface area contributed by atoms with Crippen LogP contribution in [0.1, 0.15) is 24.1 Å². The lowest BCUT2D eigenvalue weighted by molar-refractivity contribution is 0.585. The van der Waals surface area contributed by atoms with Gasteiger partial charge in [0.1, 0.15) is 5.82 Å². The topological polar surface area (TPSA) is 42.2 Å². The molecule has 3 nitrogen and oxygen atoms in total. The van der Waals surface area contributed by atoms with E-state index in [0.717, 1.165) is 11.3 Å². The maximum Gasteiger partial charge on any atom is 0.128 e. The molecule has 0 radical (unpaired) electrons. The second kappa shape index (κ2) is 5.80. The Labute approximate surface area is 112 Å². The van der Waals surface area contributed by atoms with E-state index in [0.29, 0.717) is 12.1 Å². The van der Waals surface area contributed by atoms with Crippen molar-refractivity contribution < 1.29 is 4.39 Å². The summed E-state index contributed by atoms with van der Waals surface area (Å²) in [6, 6.07) is 8.62. The van der Waals surface area contributed by atoms with Gasteiger partial charge in [-0.2, -0.15) is 0 Å². The number of hydrogen-bond acceptors (Lipinski definition) is 3. The van der Waals surface area contributed by atoms with Crippen LogP contribution in [0.5, 0.6) is 0 Å². The van der Waals surface area contributed by atoms with E-state index in [9.17, 15) is 4.39 Å². The number of anilines is 1. The summed E-state index contributed by atoms with van der Waals surface area (Å²) in [6.45, 7) is 2.40. The van der Waals surface area contributed by atoms with Crippen LogP contribution in [-0.2, 0) is 6.54 Å². The number of nitrogens with zero attached hydrogens (tertiary/aromatic N) is 2. The molecule has 0 aliphatic rings. The van der Waals surface area contributed by atoms with Crippen molar-refractivity contribution in [2.75, 3.05) is 11.9 Å². The van der Waals surface area contributed by atoms with E-state index in [-0.39, 0.29) is 11.9 Å². The first-order chi connectivity index (χ1) is 9.15. The minimum Gasteiger partial charge on any atom is -0.366 e. The number of aromatic nitrogens is 1. The van der Waals surface area contributed by atoms with Crippen molar-refractivity contribution in [1.82, 2.24) is 4.98 Å². The largest absolute Gasteiger partial charge is 0.366 e. The zero-order valence-corrected chi connectivity index (χ0v) is 11.2. The lowest BCUT2D eigenvalue weighted by Gasteiger charge is -2.29. The molecule has 19 heavy (non-hydrogen) atoms. The second-order valence-electron chi connectivity index (χ2n) is 4.52. The van der Waals surface area contributed by atoms with Crippen molar-refractivity contribution >= 4 is 5.69 Å². The lowest BCUT2D eigenvalue weighted by Crippen LogP contribution is -2.24. The van der Waals surface area contributed by atoms with Gasteiger partial charge < -0.3 is 10.6 Å². The van der Waals surface area contributed by atoms with Gasteiger partial charge in [-0.05, 0) is 24.6 Å². The fraction of sp³-hybridized carbons (Fsp3) is 0.267. The highest BCUT2D eigenvalue weighted by Gasteiger charge is 2.17. The molecule has 2 aromatic rings. The first-order valence-electron chi connectivity index (χ1n) is 6.25. The summed E-state index contributed by atoms with van der Waals surface area (Å²) in [7, 11) is 1.92. The molecule has 0 aliphatic carbocycles. The summed E-state index contributed by atoms with van der Waals surface area (Å²) < 4.78 is 13.8. The van der Waals surface area contributed by atoms with Gasteiger partial charge >= 0.3 is 0 Å². The standard InChI is InChI=1S/C15H18FN3/c1-11(13-5-3-4-6-14(13)16)19(2)15-10-18-8-7-12(15)9-17/h3-8,10-11H,9,17H2,1-2H3. The molecule has 0 bridgehead atoms. The van der Waals surface area contributed by atoms with Gasteiger partial charge in [0.15, 0.2) is 0 Å². The van der Waals surface area contributed by atoms with Crippen LogP contribution < -0.4 is 10.6 Å². The Bertz CT molecular complexity index is 557. The Kier molecular flexibility index (Phi) is 4.12. The molecule has 2 rings (SSSR count). The molecule has 0 fully saturated rings. The van der Waals surface area contributed by atoms with Gasteiger partial charge in [-0.3, -0.25) is 4.98 Å². The van der Waals surface area contributed by atoms with Crippen LogP contribution in [0.3, 0.4) is 0 Å². The van der Waals surface area contributed by atoms with E-state index in [1.54, 1.807) is 24.5 Å². The zero-order valence-electron chi connectivity index (χ0n) is 11.2. The van der Waals surface area contributed by atoms with E-state index in [1.807, 2.05) is 31.0 Å². The highest BCUT2D eigenvalue weighted by Crippen LogP contribution is 2.28. The number of halogens is 1. The van der Waals surface area contributed by atoms with Crippen molar-refractivity contribution in [2.24, 2.45) is 5.73 Å². The lowest BCUT2D eigenvalue weighted by atomic mass is 10.1.